The summed E-state index contributed by atoms with van der Waals surface area (Å²) in [5, 5.41) is 5.96. The van der Waals surface area contributed by atoms with Gasteiger partial charge in [-0.2, -0.15) is 4.98 Å². The second-order valence-electron chi connectivity index (χ2n) is 10.6. The molecular weight excluding hydrogens is 508 g/mol. The Morgan fingerprint density at radius 2 is 1.60 bits per heavy atom. The summed E-state index contributed by atoms with van der Waals surface area (Å²) in [6.45, 7) is 7.42. The number of likely N-dealkylation sites (N-methyl/N-ethyl adjacent to an activating group) is 1. The van der Waals surface area contributed by atoms with Gasteiger partial charge >= 0.3 is 11.7 Å². The van der Waals surface area contributed by atoms with Gasteiger partial charge in [-0.15, -0.1) is 0 Å². The Labute approximate surface area is 233 Å². The minimum Gasteiger partial charge on any atom is -0.444 e. The number of hydrogen-bond donors (Lipinski definition) is 2. The van der Waals surface area contributed by atoms with Gasteiger partial charge in [0, 0.05) is 25.7 Å². The monoisotopic (exact) mass is 542 g/mol. The number of amides is 2. The number of benzene rings is 3. The molecule has 4 aromatic rings. The van der Waals surface area contributed by atoms with E-state index in [0.717, 1.165) is 11.1 Å². The van der Waals surface area contributed by atoms with E-state index in [1.54, 1.807) is 51.8 Å². The molecule has 1 atom stereocenters. The van der Waals surface area contributed by atoms with Gasteiger partial charge in [-0.3, -0.25) is 10.1 Å². The molecule has 0 aliphatic carbocycles. The molecule has 0 saturated carbocycles. The van der Waals surface area contributed by atoms with Crippen LogP contribution in [0.15, 0.2) is 82.0 Å². The van der Waals surface area contributed by atoms with Gasteiger partial charge in [0.1, 0.15) is 11.6 Å². The van der Waals surface area contributed by atoms with Gasteiger partial charge in [0.2, 0.25) is 5.91 Å². The van der Waals surface area contributed by atoms with E-state index in [2.05, 4.69) is 15.6 Å². The molecule has 0 saturated heterocycles. The maximum atomic E-state index is 13.6. The number of aryl methyl sites for hydroxylation is 1. The molecule has 1 unspecified atom stereocenters. The lowest BCUT2D eigenvalue weighted by Gasteiger charge is -2.25. The van der Waals surface area contributed by atoms with Crippen molar-refractivity contribution in [2.75, 3.05) is 17.7 Å². The Kier molecular flexibility index (Phi) is 8.52. The molecule has 40 heavy (non-hydrogen) atoms. The zero-order chi connectivity index (χ0) is 28.9. The number of anilines is 2. The van der Waals surface area contributed by atoms with Crippen LogP contribution in [0.4, 0.5) is 16.5 Å². The van der Waals surface area contributed by atoms with Crippen LogP contribution in [0.1, 0.15) is 37.5 Å². The van der Waals surface area contributed by atoms with Crippen LogP contribution in [0.3, 0.4) is 0 Å². The fraction of sp³-hybridized carbons (Fsp3) is 0.290. The second kappa shape index (κ2) is 12.0. The Bertz CT molecular complexity index is 1550. The van der Waals surface area contributed by atoms with E-state index < -0.39 is 23.4 Å². The first kappa shape index (κ1) is 28.4. The maximum Gasteiger partial charge on any atom is 0.412 e. The van der Waals surface area contributed by atoms with Crippen molar-refractivity contribution < 1.29 is 18.7 Å². The normalized spacial score (nSPS) is 12.0. The maximum absolute atomic E-state index is 13.6. The Balaban J connectivity index is 1.60. The largest absolute Gasteiger partial charge is 0.444 e. The van der Waals surface area contributed by atoms with Crippen LogP contribution in [0.5, 0.6) is 0 Å². The molecule has 0 radical (unpaired) electrons. The van der Waals surface area contributed by atoms with E-state index in [0.29, 0.717) is 29.7 Å². The van der Waals surface area contributed by atoms with Crippen LogP contribution in [-0.4, -0.2) is 40.6 Å². The van der Waals surface area contributed by atoms with Crippen molar-refractivity contribution in [2.45, 2.75) is 52.3 Å². The predicted octanol–water partition coefficient (Wildman–Crippen LogP) is 5.53. The molecule has 0 bridgehead atoms. The molecule has 0 spiro atoms. The highest BCUT2D eigenvalue weighted by molar-refractivity contribution is 5.93. The molecule has 1 heterocycles. The van der Waals surface area contributed by atoms with Crippen molar-refractivity contribution in [2.24, 2.45) is 0 Å². The molecule has 0 fully saturated rings. The molecule has 2 amide bonds. The number of fused-ring (bicyclic) bond motifs is 1. The summed E-state index contributed by atoms with van der Waals surface area (Å²) in [7, 11) is 1.74. The van der Waals surface area contributed by atoms with Gasteiger partial charge in [-0.05, 0) is 56.5 Å². The van der Waals surface area contributed by atoms with E-state index in [1.165, 1.54) is 0 Å². The first-order valence-electron chi connectivity index (χ1n) is 13.0. The van der Waals surface area contributed by atoms with Crippen molar-refractivity contribution in [3.05, 3.63) is 99.9 Å². The van der Waals surface area contributed by atoms with E-state index in [4.69, 9.17) is 9.15 Å². The van der Waals surface area contributed by atoms with Crippen molar-refractivity contribution in [1.29, 1.82) is 0 Å². The highest BCUT2D eigenvalue weighted by atomic mass is 16.6. The van der Waals surface area contributed by atoms with E-state index >= 15 is 0 Å². The van der Waals surface area contributed by atoms with E-state index in [9.17, 15) is 14.4 Å². The van der Waals surface area contributed by atoms with Gasteiger partial charge in [0.15, 0.2) is 0 Å². The molecule has 2 N–H and O–H groups in total. The van der Waals surface area contributed by atoms with Crippen LogP contribution in [0.25, 0.3) is 10.9 Å². The quantitative estimate of drug-likeness (QED) is 0.301. The fourth-order valence-electron chi connectivity index (χ4n) is 4.33. The third kappa shape index (κ3) is 7.25. The number of carbonyl (C=O) groups is 2. The standard InChI is InChI=1S/C31H34N4O5/c1-20-23(34-30(38)40-31(2,3)4)16-17-24-26(20)28(37)39-29(32-24)33-25(18-21-12-8-6-9-13-21)27(36)35(5)19-22-14-10-7-11-15-22/h6-17,25H,18-19H2,1-5H3,(H,32,33)(H,34,38). The van der Waals surface area contributed by atoms with E-state index in [1.807, 2.05) is 60.7 Å². The third-order valence-electron chi connectivity index (χ3n) is 6.21. The van der Waals surface area contributed by atoms with Crippen molar-refractivity contribution >= 4 is 34.6 Å². The summed E-state index contributed by atoms with van der Waals surface area (Å²) in [6.07, 6.45) is -0.271. The average molecular weight is 543 g/mol. The predicted molar refractivity (Wildman–Crippen MR) is 155 cm³/mol. The smallest absolute Gasteiger partial charge is 0.412 e. The zero-order valence-electron chi connectivity index (χ0n) is 23.4. The Hall–Kier alpha value is -4.66. The molecule has 9 heteroatoms. The molecule has 4 rings (SSSR count). The number of nitrogens with zero attached hydrogens (tertiary/aromatic N) is 2. The van der Waals surface area contributed by atoms with Gasteiger partial charge < -0.3 is 19.4 Å². The molecule has 3 aromatic carbocycles. The van der Waals surface area contributed by atoms with Crippen LogP contribution in [-0.2, 0) is 22.5 Å². The molecule has 208 valence electrons. The summed E-state index contributed by atoms with van der Waals surface area (Å²) < 4.78 is 10.9. The molecule has 1 aromatic heterocycles. The van der Waals surface area contributed by atoms with Gasteiger partial charge in [0.25, 0.3) is 6.01 Å². The van der Waals surface area contributed by atoms with Crippen LogP contribution < -0.4 is 16.3 Å². The molecule has 0 aliphatic heterocycles. The summed E-state index contributed by atoms with van der Waals surface area (Å²) in [4.78, 5) is 45.0. The number of ether oxygens (including phenoxy) is 1. The number of carbonyl (C=O) groups excluding carboxylic acids is 2. The highest BCUT2D eigenvalue weighted by Crippen LogP contribution is 2.24. The molecule has 0 aliphatic rings. The number of aromatic nitrogens is 1. The summed E-state index contributed by atoms with van der Waals surface area (Å²) in [5.41, 5.74) is 1.92. The Morgan fingerprint density at radius 3 is 2.23 bits per heavy atom. The van der Waals surface area contributed by atoms with Gasteiger partial charge in [-0.25, -0.2) is 9.59 Å². The number of nitrogens with one attached hydrogen (secondary N) is 2. The summed E-state index contributed by atoms with van der Waals surface area (Å²) >= 11 is 0. The van der Waals surface area contributed by atoms with Crippen LogP contribution in [0, 0.1) is 6.92 Å². The zero-order valence-corrected chi connectivity index (χ0v) is 23.4. The van der Waals surface area contributed by atoms with Crippen molar-refractivity contribution in [3.63, 3.8) is 0 Å². The Morgan fingerprint density at radius 1 is 0.975 bits per heavy atom. The lowest BCUT2D eigenvalue weighted by Crippen LogP contribution is -2.42. The first-order chi connectivity index (χ1) is 19.0. The highest BCUT2D eigenvalue weighted by Gasteiger charge is 2.25. The number of rotatable bonds is 8. The minimum atomic E-state index is -0.738. The molecular formula is C31H34N4O5. The van der Waals surface area contributed by atoms with Crippen LogP contribution >= 0.6 is 0 Å². The second-order valence-corrected chi connectivity index (χ2v) is 10.6. The first-order valence-corrected chi connectivity index (χ1v) is 13.0. The van der Waals surface area contributed by atoms with Crippen molar-refractivity contribution in [1.82, 2.24) is 9.88 Å². The SMILES string of the molecule is Cc1c(NC(=O)OC(C)(C)C)ccc2nc(NC(Cc3ccccc3)C(=O)N(C)Cc3ccccc3)oc(=O)c12. The lowest BCUT2D eigenvalue weighted by atomic mass is 10.0. The van der Waals surface area contributed by atoms with Gasteiger partial charge in [0.05, 0.1) is 10.9 Å². The van der Waals surface area contributed by atoms with Crippen LogP contribution in [0.2, 0.25) is 0 Å². The lowest BCUT2D eigenvalue weighted by molar-refractivity contribution is -0.131. The topological polar surface area (TPSA) is 114 Å². The summed E-state index contributed by atoms with van der Waals surface area (Å²) in [5.74, 6) is -0.176. The molecule has 9 nitrogen and oxygen atoms in total. The summed E-state index contributed by atoms with van der Waals surface area (Å²) in [6, 6.07) is 21.8. The number of hydrogen-bond acceptors (Lipinski definition) is 7. The van der Waals surface area contributed by atoms with E-state index in [-0.39, 0.29) is 17.3 Å². The third-order valence-corrected chi connectivity index (χ3v) is 6.21. The van der Waals surface area contributed by atoms with Gasteiger partial charge in [-0.1, -0.05) is 60.7 Å². The minimum absolute atomic E-state index is 0.0628. The average Bonchev–Trinajstić information content (AvgIpc) is 2.89. The fourth-order valence-corrected chi connectivity index (χ4v) is 4.33. The van der Waals surface area contributed by atoms with Crippen molar-refractivity contribution in [3.8, 4) is 0 Å².